The maximum atomic E-state index is 13.4. The summed E-state index contributed by atoms with van der Waals surface area (Å²) in [4.78, 5) is 15.6. The number of nitrogens with one attached hydrogen (secondary N) is 1. The van der Waals surface area contributed by atoms with Crippen LogP contribution in [0.4, 0.5) is 4.39 Å². The monoisotopic (exact) mass is 370 g/mol. The van der Waals surface area contributed by atoms with Crippen LogP contribution in [0.3, 0.4) is 0 Å². The zero-order chi connectivity index (χ0) is 16.4. The van der Waals surface area contributed by atoms with Gasteiger partial charge >= 0.3 is 0 Å². The second kappa shape index (κ2) is 8.28. The molecule has 6 heteroatoms. The van der Waals surface area contributed by atoms with Gasteiger partial charge in [0.1, 0.15) is 5.82 Å². The van der Waals surface area contributed by atoms with Gasteiger partial charge in [-0.3, -0.25) is 4.79 Å². The summed E-state index contributed by atoms with van der Waals surface area (Å²) in [5.74, 6) is 0.572. The topological polar surface area (TPSA) is 32.3 Å². The summed E-state index contributed by atoms with van der Waals surface area (Å²) in [7, 11) is 1.98. The van der Waals surface area contributed by atoms with Crippen LogP contribution in [0, 0.1) is 18.7 Å². The standard InChI is InChI=1S/C18H23FN2OS.ClH/c1-12-15-11-14(19)3-4-16(15)23-17(12)18(22)21-9-6-13(7-10-21)5-8-20-2;/h3-4,11,13,20H,5-10H2,1-2H3;1H. The highest BCUT2D eigenvalue weighted by Crippen LogP contribution is 2.33. The van der Waals surface area contributed by atoms with Gasteiger partial charge in [-0.25, -0.2) is 4.39 Å². The third kappa shape index (κ3) is 3.90. The normalized spacial score (nSPS) is 15.5. The first-order valence-electron chi connectivity index (χ1n) is 8.22. The number of piperidine rings is 1. The van der Waals surface area contributed by atoms with Crippen molar-refractivity contribution in [3.63, 3.8) is 0 Å². The number of halogens is 2. The van der Waals surface area contributed by atoms with E-state index in [1.54, 1.807) is 6.07 Å². The van der Waals surface area contributed by atoms with E-state index in [4.69, 9.17) is 0 Å². The van der Waals surface area contributed by atoms with E-state index in [9.17, 15) is 9.18 Å². The molecule has 1 amide bonds. The molecule has 1 aliphatic heterocycles. The average molecular weight is 371 g/mol. The van der Waals surface area contributed by atoms with Crippen LogP contribution in [0.2, 0.25) is 0 Å². The number of rotatable bonds is 4. The Morgan fingerprint density at radius 3 is 2.75 bits per heavy atom. The number of carbonyl (C=O) groups is 1. The lowest BCUT2D eigenvalue weighted by atomic mass is 9.93. The predicted molar refractivity (Wildman–Crippen MR) is 101 cm³/mol. The van der Waals surface area contributed by atoms with Gasteiger partial charge in [-0.05, 0) is 74.8 Å². The fraction of sp³-hybridized carbons (Fsp3) is 0.500. The predicted octanol–water partition coefficient (Wildman–Crippen LogP) is 4.23. The van der Waals surface area contributed by atoms with Crippen LogP contribution in [0.5, 0.6) is 0 Å². The molecular formula is C18H24ClFN2OS. The number of carbonyl (C=O) groups excluding carboxylic acids is 1. The fourth-order valence-electron chi connectivity index (χ4n) is 3.31. The summed E-state index contributed by atoms with van der Waals surface area (Å²) < 4.78 is 14.4. The molecule has 1 N–H and O–H groups in total. The molecule has 0 atom stereocenters. The first-order valence-corrected chi connectivity index (χ1v) is 9.04. The molecule has 1 aromatic carbocycles. The lowest BCUT2D eigenvalue weighted by Gasteiger charge is -2.32. The van der Waals surface area contributed by atoms with Gasteiger partial charge in [0, 0.05) is 17.8 Å². The van der Waals surface area contributed by atoms with E-state index in [-0.39, 0.29) is 24.1 Å². The Labute approximate surface area is 152 Å². The first-order chi connectivity index (χ1) is 11.1. The van der Waals surface area contributed by atoms with Gasteiger partial charge < -0.3 is 10.2 Å². The molecule has 2 heterocycles. The van der Waals surface area contributed by atoms with Crippen LogP contribution >= 0.6 is 23.7 Å². The highest BCUT2D eigenvalue weighted by Gasteiger charge is 2.26. The summed E-state index contributed by atoms with van der Waals surface area (Å²) in [5, 5.41) is 4.06. The number of hydrogen-bond acceptors (Lipinski definition) is 3. The number of hydrogen-bond donors (Lipinski definition) is 1. The van der Waals surface area contributed by atoms with Gasteiger partial charge in [-0.15, -0.1) is 23.7 Å². The van der Waals surface area contributed by atoms with Crippen molar-refractivity contribution >= 4 is 39.7 Å². The molecule has 0 spiro atoms. The molecule has 1 aromatic heterocycles. The summed E-state index contributed by atoms with van der Waals surface area (Å²) in [6, 6.07) is 4.75. The zero-order valence-corrected chi connectivity index (χ0v) is 15.7. The Morgan fingerprint density at radius 1 is 1.38 bits per heavy atom. The van der Waals surface area contributed by atoms with Gasteiger partial charge in [0.15, 0.2) is 0 Å². The van der Waals surface area contributed by atoms with Crippen LogP contribution < -0.4 is 5.32 Å². The molecule has 24 heavy (non-hydrogen) atoms. The van der Waals surface area contributed by atoms with Crippen molar-refractivity contribution in [1.82, 2.24) is 10.2 Å². The molecule has 0 bridgehead atoms. The minimum atomic E-state index is -0.247. The summed E-state index contributed by atoms with van der Waals surface area (Å²) in [6.07, 6.45) is 3.33. The quantitative estimate of drug-likeness (QED) is 0.873. The third-order valence-corrected chi connectivity index (χ3v) is 6.06. The largest absolute Gasteiger partial charge is 0.338 e. The molecule has 0 saturated carbocycles. The summed E-state index contributed by atoms with van der Waals surface area (Å²) in [5.41, 5.74) is 0.909. The van der Waals surface area contributed by atoms with Crippen molar-refractivity contribution in [2.24, 2.45) is 5.92 Å². The van der Waals surface area contributed by atoms with Crippen molar-refractivity contribution in [2.45, 2.75) is 26.2 Å². The molecule has 0 aliphatic carbocycles. The maximum absolute atomic E-state index is 13.4. The molecule has 132 valence electrons. The van der Waals surface area contributed by atoms with Crippen molar-refractivity contribution in [1.29, 1.82) is 0 Å². The van der Waals surface area contributed by atoms with Crippen LogP contribution in [0.15, 0.2) is 18.2 Å². The molecule has 2 aromatic rings. The van der Waals surface area contributed by atoms with E-state index >= 15 is 0 Å². The number of thiophene rings is 1. The lowest BCUT2D eigenvalue weighted by Crippen LogP contribution is -2.38. The Morgan fingerprint density at radius 2 is 2.08 bits per heavy atom. The molecule has 1 fully saturated rings. The van der Waals surface area contributed by atoms with Gasteiger partial charge in [0.2, 0.25) is 0 Å². The van der Waals surface area contributed by atoms with Crippen LogP contribution in [-0.4, -0.2) is 37.5 Å². The Hall–Kier alpha value is -1.17. The van der Waals surface area contributed by atoms with E-state index in [1.807, 2.05) is 18.9 Å². The lowest BCUT2D eigenvalue weighted by molar-refractivity contribution is 0.0691. The van der Waals surface area contributed by atoms with E-state index in [2.05, 4.69) is 5.32 Å². The molecule has 0 unspecified atom stereocenters. The van der Waals surface area contributed by atoms with Crippen LogP contribution in [-0.2, 0) is 0 Å². The maximum Gasteiger partial charge on any atom is 0.264 e. The zero-order valence-electron chi connectivity index (χ0n) is 14.1. The Balaban J connectivity index is 0.00000208. The summed E-state index contributed by atoms with van der Waals surface area (Å²) in [6.45, 7) is 4.62. The minimum absolute atomic E-state index is 0. The van der Waals surface area contributed by atoms with Crippen LogP contribution in [0.1, 0.15) is 34.5 Å². The molecule has 1 aliphatic rings. The summed E-state index contributed by atoms with van der Waals surface area (Å²) >= 11 is 1.48. The van der Waals surface area contributed by atoms with Gasteiger partial charge in [-0.2, -0.15) is 0 Å². The molecular weight excluding hydrogens is 347 g/mol. The number of likely N-dealkylation sites (tertiary alicyclic amines) is 1. The fourth-order valence-corrected chi connectivity index (χ4v) is 4.47. The molecule has 1 saturated heterocycles. The van der Waals surface area contributed by atoms with Crippen molar-refractivity contribution in [3.05, 3.63) is 34.5 Å². The number of nitrogens with zero attached hydrogens (tertiary/aromatic N) is 1. The Kier molecular flexibility index (Phi) is 6.61. The Bertz CT molecular complexity index is 710. The highest BCUT2D eigenvalue weighted by atomic mass is 35.5. The number of aryl methyl sites for hydroxylation is 1. The SMILES string of the molecule is CNCCC1CCN(C(=O)c2sc3ccc(F)cc3c2C)CC1.Cl. The second-order valence-electron chi connectivity index (χ2n) is 6.32. The van der Waals surface area contributed by atoms with Crippen molar-refractivity contribution in [3.8, 4) is 0 Å². The van der Waals surface area contributed by atoms with Gasteiger partial charge in [0.05, 0.1) is 4.88 Å². The highest BCUT2D eigenvalue weighted by molar-refractivity contribution is 7.21. The number of amides is 1. The molecule has 3 nitrogen and oxygen atoms in total. The first kappa shape index (κ1) is 19.2. The van der Waals surface area contributed by atoms with Crippen molar-refractivity contribution < 1.29 is 9.18 Å². The van der Waals surface area contributed by atoms with E-state index in [0.717, 1.165) is 53.0 Å². The van der Waals surface area contributed by atoms with Gasteiger partial charge in [-0.1, -0.05) is 0 Å². The van der Waals surface area contributed by atoms with Crippen molar-refractivity contribution in [2.75, 3.05) is 26.7 Å². The van der Waals surface area contributed by atoms with E-state index in [0.29, 0.717) is 5.92 Å². The molecule has 0 radical (unpaired) electrons. The van der Waals surface area contributed by atoms with E-state index in [1.165, 1.54) is 29.9 Å². The smallest absolute Gasteiger partial charge is 0.264 e. The minimum Gasteiger partial charge on any atom is -0.338 e. The van der Waals surface area contributed by atoms with E-state index < -0.39 is 0 Å². The average Bonchev–Trinajstić information content (AvgIpc) is 2.89. The number of fused-ring (bicyclic) bond motifs is 1. The van der Waals surface area contributed by atoms with Gasteiger partial charge in [0.25, 0.3) is 5.91 Å². The van der Waals surface area contributed by atoms with Crippen LogP contribution in [0.25, 0.3) is 10.1 Å². The third-order valence-electron chi connectivity index (χ3n) is 4.80. The second-order valence-corrected chi connectivity index (χ2v) is 7.38. The number of benzene rings is 1. The molecule has 3 rings (SSSR count).